The third-order valence-corrected chi connectivity index (χ3v) is 4.84. The van der Waals surface area contributed by atoms with Crippen LogP contribution >= 0.6 is 11.8 Å². The Bertz CT molecular complexity index is 969. The van der Waals surface area contributed by atoms with Crippen molar-refractivity contribution in [1.29, 1.82) is 0 Å². The summed E-state index contributed by atoms with van der Waals surface area (Å²) in [5, 5.41) is 2.25. The number of anilines is 2. The zero-order valence-electron chi connectivity index (χ0n) is 15.5. The summed E-state index contributed by atoms with van der Waals surface area (Å²) in [5.41, 5.74) is 1.68. The molecule has 1 aliphatic rings. The monoisotopic (exact) mass is 398 g/mol. The minimum atomic E-state index is -0.417. The maximum Gasteiger partial charge on any atom is 0.298 e. The van der Waals surface area contributed by atoms with Crippen molar-refractivity contribution in [1.82, 2.24) is 0 Å². The molecule has 1 heterocycles. The molecular weight excluding hydrogens is 380 g/mol. The topological polar surface area (TPSA) is 84.9 Å². The maximum atomic E-state index is 12.8. The first-order chi connectivity index (χ1) is 13.4. The van der Waals surface area contributed by atoms with Crippen molar-refractivity contribution < 1.29 is 23.9 Å². The first-order valence-corrected chi connectivity index (χ1v) is 9.12. The molecule has 28 heavy (non-hydrogen) atoms. The quantitative estimate of drug-likeness (QED) is 0.769. The van der Waals surface area contributed by atoms with Crippen molar-refractivity contribution in [3.05, 3.63) is 52.9 Å². The fourth-order valence-corrected chi connectivity index (χ4v) is 3.50. The van der Waals surface area contributed by atoms with E-state index in [-0.39, 0.29) is 5.91 Å². The van der Waals surface area contributed by atoms with E-state index in [9.17, 15) is 14.4 Å². The van der Waals surface area contributed by atoms with E-state index in [4.69, 9.17) is 9.47 Å². The molecule has 1 fully saturated rings. The van der Waals surface area contributed by atoms with Gasteiger partial charge in [-0.15, -0.1) is 0 Å². The van der Waals surface area contributed by atoms with Crippen molar-refractivity contribution in [3.63, 3.8) is 0 Å². The summed E-state index contributed by atoms with van der Waals surface area (Å²) in [4.78, 5) is 37.7. The van der Waals surface area contributed by atoms with Crippen molar-refractivity contribution >= 4 is 46.3 Å². The van der Waals surface area contributed by atoms with Crippen LogP contribution in [0, 0.1) is 0 Å². The molecule has 0 saturated carbocycles. The highest BCUT2D eigenvalue weighted by Gasteiger charge is 2.36. The molecule has 0 unspecified atom stereocenters. The van der Waals surface area contributed by atoms with Crippen LogP contribution in [-0.2, 0) is 9.59 Å². The summed E-state index contributed by atoms with van der Waals surface area (Å²) in [6.07, 6.45) is 1.62. The van der Waals surface area contributed by atoms with Crippen molar-refractivity contribution in [3.8, 4) is 11.5 Å². The first-order valence-electron chi connectivity index (χ1n) is 8.30. The van der Waals surface area contributed by atoms with Gasteiger partial charge >= 0.3 is 0 Å². The Hall–Kier alpha value is -3.26. The molecule has 3 rings (SSSR count). The number of imide groups is 1. The van der Waals surface area contributed by atoms with E-state index in [1.807, 2.05) is 0 Å². The fourth-order valence-electron chi connectivity index (χ4n) is 2.67. The van der Waals surface area contributed by atoms with Crippen LogP contribution in [0.15, 0.2) is 47.4 Å². The number of carbonyl (C=O) groups is 3. The van der Waals surface area contributed by atoms with Crippen LogP contribution in [0.3, 0.4) is 0 Å². The number of rotatable bonds is 5. The Kier molecular flexibility index (Phi) is 5.70. The largest absolute Gasteiger partial charge is 0.497 e. The number of nitrogens with one attached hydrogen (secondary N) is 1. The molecule has 0 aromatic heterocycles. The predicted molar refractivity (Wildman–Crippen MR) is 109 cm³/mol. The van der Waals surface area contributed by atoms with Gasteiger partial charge in [0.1, 0.15) is 11.5 Å². The minimum Gasteiger partial charge on any atom is -0.497 e. The molecular formula is C20H18N2O5S. The second-order valence-corrected chi connectivity index (χ2v) is 6.85. The van der Waals surface area contributed by atoms with Crippen LogP contribution < -0.4 is 19.7 Å². The van der Waals surface area contributed by atoms with E-state index in [2.05, 4.69) is 5.32 Å². The smallest absolute Gasteiger partial charge is 0.298 e. The van der Waals surface area contributed by atoms with Gasteiger partial charge in [-0.1, -0.05) is 0 Å². The number of methoxy groups -OCH3 is 2. The number of hydrogen-bond acceptors (Lipinski definition) is 6. The Balaban J connectivity index is 1.87. The zero-order chi connectivity index (χ0) is 20.3. The van der Waals surface area contributed by atoms with Gasteiger partial charge in [-0.25, -0.2) is 4.90 Å². The Morgan fingerprint density at radius 3 is 2.39 bits per heavy atom. The molecule has 7 nitrogen and oxygen atoms in total. The molecule has 1 N–H and O–H groups in total. The number of carbonyl (C=O) groups excluding carboxylic acids is 3. The van der Waals surface area contributed by atoms with Crippen molar-refractivity contribution in [2.24, 2.45) is 0 Å². The van der Waals surface area contributed by atoms with Gasteiger partial charge in [0.05, 0.1) is 24.8 Å². The van der Waals surface area contributed by atoms with E-state index in [0.717, 1.165) is 16.7 Å². The first kappa shape index (κ1) is 19.5. The van der Waals surface area contributed by atoms with Crippen LogP contribution in [0.4, 0.5) is 16.2 Å². The number of nitrogens with zero attached hydrogens (tertiary/aromatic N) is 1. The number of benzene rings is 2. The lowest BCUT2D eigenvalue weighted by Crippen LogP contribution is -2.27. The molecule has 3 amide bonds. The highest BCUT2D eigenvalue weighted by Crippen LogP contribution is 2.37. The third-order valence-electron chi connectivity index (χ3n) is 3.97. The average Bonchev–Trinajstić information content (AvgIpc) is 2.95. The summed E-state index contributed by atoms with van der Waals surface area (Å²) >= 11 is 0.857. The molecule has 1 saturated heterocycles. The Morgan fingerprint density at radius 2 is 1.79 bits per heavy atom. The molecule has 0 bridgehead atoms. The van der Waals surface area contributed by atoms with E-state index in [0.29, 0.717) is 33.3 Å². The van der Waals surface area contributed by atoms with E-state index in [1.165, 1.54) is 14.0 Å². The van der Waals surface area contributed by atoms with Gasteiger partial charge in [-0.2, -0.15) is 0 Å². The summed E-state index contributed by atoms with van der Waals surface area (Å²) < 4.78 is 10.5. The number of ether oxygens (including phenoxy) is 2. The minimum absolute atomic E-state index is 0.199. The van der Waals surface area contributed by atoms with Crippen molar-refractivity contribution in [2.45, 2.75) is 6.92 Å². The summed E-state index contributed by atoms with van der Waals surface area (Å²) in [6, 6.07) is 11.7. The van der Waals surface area contributed by atoms with Gasteiger partial charge in [0, 0.05) is 24.2 Å². The molecule has 0 radical (unpaired) electrons. The Morgan fingerprint density at radius 1 is 1.07 bits per heavy atom. The number of hydrogen-bond donors (Lipinski definition) is 1. The Labute approximate surface area is 166 Å². The van der Waals surface area contributed by atoms with Crippen LogP contribution in [0.25, 0.3) is 6.08 Å². The summed E-state index contributed by atoms with van der Waals surface area (Å²) in [6.45, 7) is 1.41. The van der Waals surface area contributed by atoms with Gasteiger partial charge in [0.15, 0.2) is 0 Å². The molecule has 8 heteroatoms. The standard InChI is InChI=1S/C20H18N2O5S/c1-12(23)21-14-5-7-15(8-6-14)22-19(24)18(28-20(22)25)10-13-4-9-16(26-2)11-17(13)27-3/h4-11H,1-3H3,(H,21,23)/b18-10-. The molecule has 144 valence electrons. The van der Waals surface area contributed by atoms with Crippen LogP contribution in [0.1, 0.15) is 12.5 Å². The molecule has 2 aromatic carbocycles. The van der Waals surface area contributed by atoms with E-state index in [1.54, 1.807) is 55.7 Å². The fraction of sp³-hybridized carbons (Fsp3) is 0.150. The van der Waals surface area contributed by atoms with E-state index < -0.39 is 11.1 Å². The van der Waals surface area contributed by atoms with Gasteiger partial charge in [-0.3, -0.25) is 14.4 Å². The lowest BCUT2D eigenvalue weighted by Gasteiger charge is -2.13. The highest BCUT2D eigenvalue weighted by molar-refractivity contribution is 8.19. The number of amides is 3. The molecule has 2 aromatic rings. The molecule has 1 aliphatic heterocycles. The van der Waals surface area contributed by atoms with Gasteiger partial charge in [0.25, 0.3) is 11.1 Å². The SMILES string of the molecule is COc1ccc(/C=C2\SC(=O)N(c3ccc(NC(C)=O)cc3)C2=O)c(OC)c1. The third kappa shape index (κ3) is 4.01. The summed E-state index contributed by atoms with van der Waals surface area (Å²) in [5.74, 6) is 0.544. The van der Waals surface area contributed by atoms with Crippen molar-refractivity contribution in [2.75, 3.05) is 24.4 Å². The second-order valence-electron chi connectivity index (χ2n) is 5.85. The highest BCUT2D eigenvalue weighted by atomic mass is 32.2. The predicted octanol–water partition coefficient (Wildman–Crippen LogP) is 3.90. The molecule has 0 atom stereocenters. The second kappa shape index (κ2) is 8.18. The molecule has 0 spiro atoms. The normalized spacial score (nSPS) is 15.1. The lowest BCUT2D eigenvalue weighted by atomic mass is 10.1. The van der Waals surface area contributed by atoms with Crippen LogP contribution in [-0.4, -0.2) is 31.3 Å². The van der Waals surface area contributed by atoms with Crippen LogP contribution in [0.2, 0.25) is 0 Å². The van der Waals surface area contributed by atoms with E-state index >= 15 is 0 Å². The van der Waals surface area contributed by atoms with Gasteiger partial charge < -0.3 is 14.8 Å². The lowest BCUT2D eigenvalue weighted by molar-refractivity contribution is -0.114. The average molecular weight is 398 g/mol. The van der Waals surface area contributed by atoms with Gasteiger partial charge in [0.2, 0.25) is 5.91 Å². The van der Waals surface area contributed by atoms with Crippen LogP contribution in [0.5, 0.6) is 11.5 Å². The molecule has 0 aliphatic carbocycles. The zero-order valence-corrected chi connectivity index (χ0v) is 16.3. The van der Waals surface area contributed by atoms with Gasteiger partial charge in [-0.05, 0) is 54.2 Å². The summed E-state index contributed by atoms with van der Waals surface area (Å²) in [7, 11) is 3.07. The number of thioether (sulfide) groups is 1. The maximum absolute atomic E-state index is 12.8.